The molecule has 0 heterocycles. The summed E-state index contributed by atoms with van der Waals surface area (Å²) in [6, 6.07) is 0. The molecule has 1 unspecified atom stereocenters. The quantitative estimate of drug-likeness (QED) is 0.0262. The lowest BCUT2D eigenvalue weighted by atomic mass is 10.0. The van der Waals surface area contributed by atoms with Crippen LogP contribution >= 0.6 is 0 Å². The molecule has 0 saturated carbocycles. The molecule has 0 bridgehead atoms. The fourth-order valence-electron chi connectivity index (χ4n) is 7.74. The molecule has 0 spiro atoms. The smallest absolute Gasteiger partial charge is 0.306 e. The first-order valence-electron chi connectivity index (χ1n) is 28.1. The van der Waals surface area contributed by atoms with E-state index in [4.69, 9.17) is 14.2 Å². The lowest BCUT2D eigenvalue weighted by Crippen LogP contribution is -2.30. The summed E-state index contributed by atoms with van der Waals surface area (Å²) in [6.07, 6.45) is 71.4. The predicted molar refractivity (Wildman–Crippen MR) is 288 cm³/mol. The Hall–Kier alpha value is -3.41. The number of allylic oxidation sites excluding steroid dienone is 14. The lowest BCUT2D eigenvalue weighted by Gasteiger charge is -2.18. The van der Waals surface area contributed by atoms with E-state index in [1.54, 1.807) is 0 Å². The van der Waals surface area contributed by atoms with E-state index >= 15 is 0 Å². The number of hydrogen-bond donors (Lipinski definition) is 0. The molecule has 0 aromatic rings. The SMILES string of the molecule is CC/C=C\C/C=C\C/C=C\C/C=C\CCCCCCC(=O)OCC(COC(=O)CCCCCCCCCCCCCCCCC)OC(=O)CCCCCCCCC/C=C\C/C=C\C/C=C\CC. The highest BCUT2D eigenvalue weighted by Gasteiger charge is 2.19. The average molecular weight is 933 g/mol. The van der Waals surface area contributed by atoms with E-state index in [-0.39, 0.29) is 31.1 Å². The minimum atomic E-state index is -0.791. The molecule has 0 aliphatic heterocycles. The van der Waals surface area contributed by atoms with Gasteiger partial charge in [-0.3, -0.25) is 14.4 Å². The second-order valence-corrected chi connectivity index (χ2v) is 18.4. The summed E-state index contributed by atoms with van der Waals surface area (Å²) < 4.78 is 16.8. The zero-order valence-corrected chi connectivity index (χ0v) is 43.9. The molecule has 6 nitrogen and oxygen atoms in total. The summed E-state index contributed by atoms with van der Waals surface area (Å²) in [5, 5.41) is 0. The van der Waals surface area contributed by atoms with Crippen LogP contribution in [0.25, 0.3) is 0 Å². The van der Waals surface area contributed by atoms with Gasteiger partial charge in [0.25, 0.3) is 0 Å². The molecule has 0 amide bonds. The van der Waals surface area contributed by atoms with E-state index in [1.807, 2.05) is 0 Å². The highest BCUT2D eigenvalue weighted by Crippen LogP contribution is 2.15. The third-order valence-electron chi connectivity index (χ3n) is 11.9. The second-order valence-electron chi connectivity index (χ2n) is 18.4. The molecule has 1 atom stereocenters. The first-order chi connectivity index (χ1) is 33.0. The van der Waals surface area contributed by atoms with Crippen LogP contribution in [0.1, 0.15) is 265 Å². The maximum absolute atomic E-state index is 12.8. The maximum Gasteiger partial charge on any atom is 0.306 e. The van der Waals surface area contributed by atoms with Gasteiger partial charge >= 0.3 is 17.9 Å². The van der Waals surface area contributed by atoms with Crippen molar-refractivity contribution in [2.24, 2.45) is 0 Å². The molecule has 0 aliphatic rings. The van der Waals surface area contributed by atoms with Gasteiger partial charge < -0.3 is 14.2 Å². The van der Waals surface area contributed by atoms with Crippen LogP contribution in [0.3, 0.4) is 0 Å². The number of carbonyl (C=O) groups excluding carboxylic acids is 3. The minimum absolute atomic E-state index is 0.0869. The predicted octanol–water partition coefficient (Wildman–Crippen LogP) is 18.8. The maximum atomic E-state index is 12.8. The fraction of sp³-hybridized carbons (Fsp3) is 0.721. The van der Waals surface area contributed by atoms with Gasteiger partial charge in [0.15, 0.2) is 6.10 Å². The van der Waals surface area contributed by atoms with Crippen LogP contribution in [0.15, 0.2) is 85.1 Å². The van der Waals surface area contributed by atoms with E-state index in [1.165, 1.54) is 103 Å². The first kappa shape index (κ1) is 63.6. The number of unbranched alkanes of at least 4 members (excludes halogenated alkanes) is 25. The molecule has 0 N–H and O–H groups in total. The van der Waals surface area contributed by atoms with Gasteiger partial charge in [-0.1, -0.05) is 241 Å². The van der Waals surface area contributed by atoms with Crippen LogP contribution in [0.4, 0.5) is 0 Å². The van der Waals surface area contributed by atoms with Crippen LogP contribution in [-0.2, 0) is 28.6 Å². The van der Waals surface area contributed by atoms with E-state index in [0.717, 1.165) is 122 Å². The van der Waals surface area contributed by atoms with Crippen molar-refractivity contribution in [2.75, 3.05) is 13.2 Å². The summed E-state index contributed by atoms with van der Waals surface area (Å²) in [5.74, 6) is -0.915. The topological polar surface area (TPSA) is 78.9 Å². The normalized spacial score (nSPS) is 12.7. The Kier molecular flexibility index (Phi) is 52.4. The molecule has 0 aromatic carbocycles. The molecule has 6 heteroatoms. The van der Waals surface area contributed by atoms with E-state index in [2.05, 4.69) is 106 Å². The van der Waals surface area contributed by atoms with Gasteiger partial charge in [0.05, 0.1) is 0 Å². The molecule has 0 aromatic heterocycles. The van der Waals surface area contributed by atoms with Gasteiger partial charge in [0, 0.05) is 19.3 Å². The molecule has 0 rings (SSSR count). The lowest BCUT2D eigenvalue weighted by molar-refractivity contribution is -0.167. The third kappa shape index (κ3) is 53.4. The molecular formula is C61H104O6. The Balaban J connectivity index is 4.44. The molecule has 0 aliphatic carbocycles. The van der Waals surface area contributed by atoms with Crippen LogP contribution < -0.4 is 0 Å². The third-order valence-corrected chi connectivity index (χ3v) is 11.9. The highest BCUT2D eigenvalue weighted by atomic mass is 16.6. The zero-order valence-electron chi connectivity index (χ0n) is 43.9. The van der Waals surface area contributed by atoms with Gasteiger partial charge in [-0.2, -0.15) is 0 Å². The van der Waals surface area contributed by atoms with Crippen molar-refractivity contribution in [2.45, 2.75) is 271 Å². The first-order valence-corrected chi connectivity index (χ1v) is 28.1. The number of carbonyl (C=O) groups is 3. The monoisotopic (exact) mass is 933 g/mol. The fourth-order valence-corrected chi connectivity index (χ4v) is 7.74. The van der Waals surface area contributed by atoms with Crippen molar-refractivity contribution >= 4 is 17.9 Å². The molecule has 0 saturated heterocycles. The van der Waals surface area contributed by atoms with Crippen LogP contribution in [0.5, 0.6) is 0 Å². The number of rotatable bonds is 50. The largest absolute Gasteiger partial charge is 0.462 e. The van der Waals surface area contributed by atoms with Crippen molar-refractivity contribution < 1.29 is 28.6 Å². The number of hydrogen-bond acceptors (Lipinski definition) is 6. The van der Waals surface area contributed by atoms with Gasteiger partial charge in [-0.05, 0) is 89.9 Å². The minimum Gasteiger partial charge on any atom is -0.462 e. The summed E-state index contributed by atoms with van der Waals surface area (Å²) in [6.45, 7) is 6.40. The molecule has 0 fully saturated rings. The van der Waals surface area contributed by atoms with Gasteiger partial charge in [0.1, 0.15) is 13.2 Å². The van der Waals surface area contributed by atoms with Crippen LogP contribution in [0, 0.1) is 0 Å². The zero-order chi connectivity index (χ0) is 48.6. The Morgan fingerprint density at radius 1 is 0.313 bits per heavy atom. The van der Waals surface area contributed by atoms with Crippen LogP contribution in [-0.4, -0.2) is 37.2 Å². The summed E-state index contributed by atoms with van der Waals surface area (Å²) in [4.78, 5) is 38.1. The van der Waals surface area contributed by atoms with Gasteiger partial charge in [0.2, 0.25) is 0 Å². The Labute approximate surface area is 414 Å². The Bertz CT molecular complexity index is 1300. The molecule has 0 radical (unpaired) electrons. The highest BCUT2D eigenvalue weighted by molar-refractivity contribution is 5.71. The van der Waals surface area contributed by atoms with Crippen molar-refractivity contribution in [1.29, 1.82) is 0 Å². The molecule has 67 heavy (non-hydrogen) atoms. The van der Waals surface area contributed by atoms with Gasteiger partial charge in [-0.25, -0.2) is 0 Å². The average Bonchev–Trinajstić information content (AvgIpc) is 3.33. The van der Waals surface area contributed by atoms with Crippen molar-refractivity contribution in [3.05, 3.63) is 85.1 Å². The number of esters is 3. The molecular weight excluding hydrogens is 829 g/mol. The Morgan fingerprint density at radius 2 is 0.582 bits per heavy atom. The summed E-state index contributed by atoms with van der Waals surface area (Å²) in [5.41, 5.74) is 0. The summed E-state index contributed by atoms with van der Waals surface area (Å²) >= 11 is 0. The van der Waals surface area contributed by atoms with E-state index in [9.17, 15) is 14.4 Å². The van der Waals surface area contributed by atoms with Crippen molar-refractivity contribution in [3.8, 4) is 0 Å². The number of ether oxygens (including phenoxy) is 3. The Morgan fingerprint density at radius 3 is 0.910 bits per heavy atom. The second kappa shape index (κ2) is 55.2. The molecule has 384 valence electrons. The van der Waals surface area contributed by atoms with Crippen LogP contribution in [0.2, 0.25) is 0 Å². The van der Waals surface area contributed by atoms with Crippen molar-refractivity contribution in [3.63, 3.8) is 0 Å². The van der Waals surface area contributed by atoms with Gasteiger partial charge in [-0.15, -0.1) is 0 Å². The standard InChI is InChI=1S/C61H104O6/c1-4-7-10-13-16-19-22-25-28-30-33-36-39-42-45-48-51-54-60(63)66-57-58(56-65-59(62)53-50-47-44-41-38-35-32-27-24-21-18-15-12-9-6-3)67-61(64)55-52-49-46-43-40-37-34-31-29-26-23-20-17-14-11-8-5-2/h7-8,10-11,16-17,19-20,25-26,28-29,33,36,58H,4-6,9,12-15,18,21-24,27,30-32,34-35,37-57H2,1-3H3/b10-7-,11-8-,19-16-,20-17-,28-25-,29-26-,36-33-. The van der Waals surface area contributed by atoms with E-state index in [0.29, 0.717) is 19.3 Å². The van der Waals surface area contributed by atoms with E-state index < -0.39 is 6.10 Å². The van der Waals surface area contributed by atoms with Crippen molar-refractivity contribution in [1.82, 2.24) is 0 Å². The summed E-state index contributed by atoms with van der Waals surface area (Å²) in [7, 11) is 0.